The van der Waals surface area contributed by atoms with Gasteiger partial charge in [-0.15, -0.1) is 0 Å². The molecule has 0 spiro atoms. The van der Waals surface area contributed by atoms with Crippen LogP contribution in [0, 0.1) is 5.92 Å². The summed E-state index contributed by atoms with van der Waals surface area (Å²) in [6, 6.07) is 22.8. The Morgan fingerprint density at radius 3 is 2.20 bits per heavy atom. The zero-order valence-electron chi connectivity index (χ0n) is 24.6. The number of benzene rings is 3. The molecule has 0 aliphatic heterocycles. The first-order chi connectivity index (χ1) is 19.6. The zero-order chi connectivity index (χ0) is 29.8. The minimum absolute atomic E-state index is 0.00295. The van der Waals surface area contributed by atoms with Crippen molar-refractivity contribution in [1.82, 2.24) is 10.6 Å². The molecule has 3 aromatic carbocycles. The van der Waals surface area contributed by atoms with E-state index in [4.69, 9.17) is 4.74 Å². The van der Waals surface area contributed by atoms with Gasteiger partial charge in [0.05, 0.1) is 12.5 Å². The van der Waals surface area contributed by atoms with Crippen LogP contribution in [0.5, 0.6) is 0 Å². The van der Waals surface area contributed by atoms with Crippen LogP contribution in [0.15, 0.2) is 72.8 Å². The molecule has 3 aromatic rings. The molecule has 0 aromatic heterocycles. The van der Waals surface area contributed by atoms with Crippen molar-refractivity contribution in [2.75, 3.05) is 13.7 Å². The minimum atomic E-state index is -0.897. The van der Waals surface area contributed by atoms with Crippen molar-refractivity contribution in [2.24, 2.45) is 5.92 Å². The summed E-state index contributed by atoms with van der Waals surface area (Å²) in [6.07, 6.45) is 1.32. The van der Waals surface area contributed by atoms with Crippen LogP contribution in [-0.4, -0.2) is 48.7 Å². The van der Waals surface area contributed by atoms with Crippen LogP contribution >= 0.6 is 0 Å². The summed E-state index contributed by atoms with van der Waals surface area (Å²) in [5.41, 5.74) is 1.61. The van der Waals surface area contributed by atoms with E-state index in [0.717, 1.165) is 21.9 Å². The van der Waals surface area contributed by atoms with Crippen molar-refractivity contribution in [1.29, 1.82) is 0 Å². The third-order valence-electron chi connectivity index (χ3n) is 6.89. The van der Waals surface area contributed by atoms with Crippen LogP contribution in [0.3, 0.4) is 0 Å². The standard InChI is InChI=1S/C34H42N2O5/c1-34(2,3)36-32(39)22-27(21-28(37)19-17-24-11-6-5-7-12-24)33(40)35-30(23-41-4)31(38)20-18-26-15-10-14-25-13-8-9-16-29(25)26/h5-16,27,30H,17-23H2,1-4H3,(H,35,40)(H,36,39)/t27-,30-/m0/s1. The quantitative estimate of drug-likeness (QED) is 0.274. The number of ketones is 2. The number of nitrogens with one attached hydrogen (secondary N) is 2. The number of methoxy groups -OCH3 is 1. The number of amides is 2. The number of Topliss-reactive ketones (excluding diaryl/α,β-unsaturated/α-hetero) is 2. The van der Waals surface area contributed by atoms with E-state index in [-0.39, 0.29) is 49.8 Å². The van der Waals surface area contributed by atoms with Crippen molar-refractivity contribution >= 4 is 34.2 Å². The summed E-state index contributed by atoms with van der Waals surface area (Å²) in [7, 11) is 1.47. The Morgan fingerprint density at radius 1 is 0.805 bits per heavy atom. The molecule has 0 bridgehead atoms. The maximum absolute atomic E-state index is 13.4. The average Bonchev–Trinajstić information content (AvgIpc) is 2.93. The van der Waals surface area contributed by atoms with Gasteiger partial charge in [0, 0.05) is 38.3 Å². The van der Waals surface area contributed by atoms with E-state index in [1.165, 1.54) is 7.11 Å². The molecule has 0 radical (unpaired) electrons. The topological polar surface area (TPSA) is 102 Å². The van der Waals surface area contributed by atoms with Gasteiger partial charge in [-0.25, -0.2) is 0 Å². The Balaban J connectivity index is 1.67. The molecular formula is C34H42N2O5. The van der Waals surface area contributed by atoms with E-state index in [1.54, 1.807) is 0 Å². The molecule has 0 aliphatic rings. The van der Waals surface area contributed by atoms with Crippen LogP contribution in [0.25, 0.3) is 10.8 Å². The number of carbonyl (C=O) groups is 4. The molecule has 2 atom stereocenters. The van der Waals surface area contributed by atoms with Crippen molar-refractivity contribution in [3.05, 3.63) is 83.9 Å². The minimum Gasteiger partial charge on any atom is -0.382 e. The molecule has 0 heterocycles. The lowest BCUT2D eigenvalue weighted by Crippen LogP contribution is -2.48. The number of hydrogen-bond acceptors (Lipinski definition) is 5. The number of aryl methyl sites for hydroxylation is 2. The summed E-state index contributed by atoms with van der Waals surface area (Å²) < 4.78 is 5.26. The number of ether oxygens (including phenoxy) is 1. The number of carbonyl (C=O) groups excluding carboxylic acids is 4. The van der Waals surface area contributed by atoms with Gasteiger partial charge in [-0.2, -0.15) is 0 Å². The molecule has 2 N–H and O–H groups in total. The van der Waals surface area contributed by atoms with Crippen LogP contribution in [0.4, 0.5) is 0 Å². The first-order valence-electron chi connectivity index (χ1n) is 14.2. The van der Waals surface area contributed by atoms with Gasteiger partial charge in [-0.05, 0) is 55.5 Å². The van der Waals surface area contributed by atoms with Crippen LogP contribution in [0.1, 0.15) is 57.6 Å². The lowest BCUT2D eigenvalue weighted by Gasteiger charge is -2.24. The Kier molecular flexibility index (Phi) is 11.8. The summed E-state index contributed by atoms with van der Waals surface area (Å²) in [5.74, 6) is -1.99. The fourth-order valence-electron chi connectivity index (χ4n) is 4.87. The predicted molar refractivity (Wildman–Crippen MR) is 161 cm³/mol. The maximum Gasteiger partial charge on any atom is 0.224 e. The fourth-order valence-corrected chi connectivity index (χ4v) is 4.87. The largest absolute Gasteiger partial charge is 0.382 e. The molecule has 218 valence electrons. The van der Waals surface area contributed by atoms with Crippen molar-refractivity contribution in [2.45, 2.75) is 70.9 Å². The smallest absolute Gasteiger partial charge is 0.224 e. The Hall–Kier alpha value is -3.84. The number of rotatable bonds is 15. The lowest BCUT2D eigenvalue weighted by atomic mass is 9.93. The van der Waals surface area contributed by atoms with Crippen molar-refractivity contribution in [3.8, 4) is 0 Å². The van der Waals surface area contributed by atoms with Crippen LogP contribution in [0.2, 0.25) is 0 Å². The molecule has 2 amide bonds. The highest BCUT2D eigenvalue weighted by Crippen LogP contribution is 2.20. The number of hydrogen-bond donors (Lipinski definition) is 2. The second kappa shape index (κ2) is 15.2. The summed E-state index contributed by atoms with van der Waals surface area (Å²) in [4.78, 5) is 52.4. The van der Waals surface area contributed by atoms with Gasteiger partial charge < -0.3 is 15.4 Å². The number of fused-ring (bicyclic) bond motifs is 1. The highest BCUT2D eigenvalue weighted by Gasteiger charge is 2.29. The first-order valence-corrected chi connectivity index (χ1v) is 14.2. The van der Waals surface area contributed by atoms with Gasteiger partial charge in [0.15, 0.2) is 5.78 Å². The highest BCUT2D eigenvalue weighted by atomic mass is 16.5. The van der Waals surface area contributed by atoms with E-state index in [1.807, 2.05) is 93.6 Å². The van der Waals surface area contributed by atoms with Gasteiger partial charge in [-0.3, -0.25) is 19.2 Å². The summed E-state index contributed by atoms with van der Waals surface area (Å²) in [5, 5.41) is 7.86. The molecule has 0 saturated carbocycles. The molecule has 7 nitrogen and oxygen atoms in total. The van der Waals surface area contributed by atoms with Gasteiger partial charge in [0.2, 0.25) is 11.8 Å². The summed E-state index contributed by atoms with van der Waals surface area (Å²) >= 11 is 0. The second-order valence-electron chi connectivity index (χ2n) is 11.5. The SMILES string of the molecule is COC[C@H](NC(=O)[C@@H](CC(=O)CCc1ccccc1)CC(=O)NC(C)(C)C)C(=O)CCc1cccc2ccccc12. The Bertz CT molecular complexity index is 1320. The highest BCUT2D eigenvalue weighted by molar-refractivity contribution is 5.94. The van der Waals surface area contributed by atoms with Crippen LogP contribution in [-0.2, 0) is 36.8 Å². The Labute approximate surface area is 243 Å². The third-order valence-corrected chi connectivity index (χ3v) is 6.89. The van der Waals surface area contributed by atoms with Crippen LogP contribution < -0.4 is 10.6 Å². The molecule has 3 rings (SSSR count). The molecule has 0 aliphatic carbocycles. The summed E-state index contributed by atoms with van der Waals surface area (Å²) in [6.45, 7) is 5.57. The lowest BCUT2D eigenvalue weighted by molar-refractivity contribution is -0.135. The van der Waals surface area contributed by atoms with E-state index in [0.29, 0.717) is 12.8 Å². The molecule has 0 unspecified atom stereocenters. The first kappa shape index (κ1) is 31.7. The Morgan fingerprint density at radius 2 is 1.49 bits per heavy atom. The molecule has 0 saturated heterocycles. The van der Waals surface area contributed by atoms with Gasteiger partial charge in [0.25, 0.3) is 0 Å². The maximum atomic E-state index is 13.4. The van der Waals surface area contributed by atoms with Crippen molar-refractivity contribution < 1.29 is 23.9 Å². The molecular weight excluding hydrogens is 516 g/mol. The van der Waals surface area contributed by atoms with E-state index >= 15 is 0 Å². The van der Waals surface area contributed by atoms with Gasteiger partial charge in [-0.1, -0.05) is 72.8 Å². The monoisotopic (exact) mass is 558 g/mol. The average molecular weight is 559 g/mol. The van der Waals surface area contributed by atoms with E-state index in [9.17, 15) is 19.2 Å². The third kappa shape index (κ3) is 10.6. The van der Waals surface area contributed by atoms with Gasteiger partial charge >= 0.3 is 0 Å². The predicted octanol–water partition coefficient (Wildman–Crippen LogP) is 4.99. The van der Waals surface area contributed by atoms with Gasteiger partial charge in [0.1, 0.15) is 11.8 Å². The molecule has 7 heteroatoms. The molecule has 0 fully saturated rings. The van der Waals surface area contributed by atoms with E-state index in [2.05, 4.69) is 10.6 Å². The fraction of sp³-hybridized carbons (Fsp3) is 0.412. The normalized spacial score (nSPS) is 12.9. The van der Waals surface area contributed by atoms with E-state index < -0.39 is 23.4 Å². The van der Waals surface area contributed by atoms with Crippen molar-refractivity contribution in [3.63, 3.8) is 0 Å². The second-order valence-corrected chi connectivity index (χ2v) is 11.5. The molecule has 41 heavy (non-hydrogen) atoms. The zero-order valence-corrected chi connectivity index (χ0v) is 24.6.